The molecular formula is C29H31N3O8S. The maximum absolute atomic E-state index is 13.8. The zero-order chi connectivity index (χ0) is 29.1. The van der Waals surface area contributed by atoms with E-state index in [1.807, 2.05) is 12.1 Å². The highest BCUT2D eigenvalue weighted by Gasteiger charge is 2.34. The Hall–Kier alpha value is -4.16. The van der Waals surface area contributed by atoms with Crippen molar-refractivity contribution in [2.75, 3.05) is 40.5 Å². The van der Waals surface area contributed by atoms with Gasteiger partial charge in [0.15, 0.2) is 11.5 Å². The third-order valence-electron chi connectivity index (χ3n) is 7.52. The van der Waals surface area contributed by atoms with Crippen LogP contribution in [0, 0.1) is 10.1 Å². The van der Waals surface area contributed by atoms with Gasteiger partial charge in [0.2, 0.25) is 10.0 Å². The van der Waals surface area contributed by atoms with E-state index in [1.54, 1.807) is 24.1 Å². The van der Waals surface area contributed by atoms with Gasteiger partial charge in [0.1, 0.15) is 12.4 Å². The molecule has 0 unspecified atom stereocenters. The molecule has 216 valence electrons. The number of hydrogen-bond donors (Lipinski definition) is 0. The Morgan fingerprint density at radius 1 is 0.951 bits per heavy atom. The van der Waals surface area contributed by atoms with Crippen LogP contribution in [-0.2, 0) is 16.4 Å². The van der Waals surface area contributed by atoms with Gasteiger partial charge in [0.25, 0.3) is 11.6 Å². The van der Waals surface area contributed by atoms with Gasteiger partial charge in [-0.2, -0.15) is 4.31 Å². The molecule has 11 nitrogen and oxygen atoms in total. The standard InChI is InChI=1S/C29H31N3O8S/c1-38-27-17-21-13-16-31(29(33)20-5-11-24(12-6-20)41(36,37)30-14-3-4-15-30)26(25(21)18-28(27)39-2)19-40-23-9-7-22(8-10-23)32(34)35/h5-12,17-18,26H,3-4,13-16,19H2,1-2H3/t26-/m1/s1. The van der Waals surface area contributed by atoms with Crippen molar-refractivity contribution in [3.05, 3.63) is 87.5 Å². The number of rotatable bonds is 9. The molecule has 2 aliphatic rings. The summed E-state index contributed by atoms with van der Waals surface area (Å²) >= 11 is 0. The Bertz CT molecular complexity index is 1540. The van der Waals surface area contributed by atoms with Gasteiger partial charge in [0.05, 0.1) is 30.1 Å². The lowest BCUT2D eigenvalue weighted by Crippen LogP contribution is -2.42. The van der Waals surface area contributed by atoms with Crippen LogP contribution >= 0.6 is 0 Å². The van der Waals surface area contributed by atoms with Crippen LogP contribution in [0.5, 0.6) is 17.2 Å². The monoisotopic (exact) mass is 581 g/mol. The molecule has 0 N–H and O–H groups in total. The number of nitro benzene ring substituents is 1. The normalized spacial score (nSPS) is 17.1. The van der Waals surface area contributed by atoms with Gasteiger partial charge >= 0.3 is 0 Å². The first-order valence-electron chi connectivity index (χ1n) is 13.3. The molecule has 2 heterocycles. The summed E-state index contributed by atoms with van der Waals surface area (Å²) in [5.41, 5.74) is 2.12. The summed E-state index contributed by atoms with van der Waals surface area (Å²) in [6.07, 6.45) is 2.25. The van der Waals surface area contributed by atoms with Gasteiger partial charge < -0.3 is 19.1 Å². The Morgan fingerprint density at radius 3 is 2.20 bits per heavy atom. The highest BCUT2D eigenvalue weighted by molar-refractivity contribution is 7.89. The van der Waals surface area contributed by atoms with E-state index in [2.05, 4.69) is 0 Å². The SMILES string of the molecule is COc1cc2c(cc1OC)[C@@H](COc1ccc([N+](=O)[O-])cc1)N(C(=O)c1ccc(S(=O)(=O)N3CCCC3)cc1)CC2. The topological polar surface area (TPSA) is 129 Å². The summed E-state index contributed by atoms with van der Waals surface area (Å²) in [5.74, 6) is 1.24. The molecule has 5 rings (SSSR count). The number of benzene rings is 3. The average molecular weight is 582 g/mol. The molecule has 12 heteroatoms. The fourth-order valence-electron chi connectivity index (χ4n) is 5.30. The second-order valence-electron chi connectivity index (χ2n) is 9.87. The predicted octanol–water partition coefficient (Wildman–Crippen LogP) is 4.22. The number of carbonyl (C=O) groups is 1. The van der Waals surface area contributed by atoms with Crippen LogP contribution in [0.25, 0.3) is 0 Å². The van der Waals surface area contributed by atoms with E-state index >= 15 is 0 Å². The van der Waals surface area contributed by atoms with E-state index in [0.29, 0.717) is 48.9 Å². The van der Waals surface area contributed by atoms with E-state index < -0.39 is 21.0 Å². The molecule has 1 saturated heterocycles. The number of nitro groups is 1. The Labute approximate surface area is 238 Å². The van der Waals surface area contributed by atoms with Gasteiger partial charge in [0, 0.05) is 37.3 Å². The van der Waals surface area contributed by atoms with Gasteiger partial charge in [-0.1, -0.05) is 0 Å². The molecule has 0 saturated carbocycles. The average Bonchev–Trinajstić information content (AvgIpc) is 3.55. The summed E-state index contributed by atoms with van der Waals surface area (Å²) in [6.45, 7) is 1.47. The summed E-state index contributed by atoms with van der Waals surface area (Å²) < 4.78 is 44.4. The third-order valence-corrected chi connectivity index (χ3v) is 9.44. The zero-order valence-electron chi connectivity index (χ0n) is 22.8. The van der Waals surface area contributed by atoms with E-state index in [0.717, 1.165) is 24.0 Å². The summed E-state index contributed by atoms with van der Waals surface area (Å²) in [7, 11) is -0.499. The van der Waals surface area contributed by atoms with Crippen molar-refractivity contribution in [1.29, 1.82) is 0 Å². The second-order valence-corrected chi connectivity index (χ2v) is 11.8. The predicted molar refractivity (Wildman–Crippen MR) is 150 cm³/mol. The number of carbonyl (C=O) groups excluding carboxylic acids is 1. The molecule has 2 aliphatic heterocycles. The van der Waals surface area contributed by atoms with Crippen LogP contribution in [0.3, 0.4) is 0 Å². The van der Waals surface area contributed by atoms with Crippen LogP contribution in [0.4, 0.5) is 5.69 Å². The highest BCUT2D eigenvalue weighted by atomic mass is 32.2. The van der Waals surface area contributed by atoms with Gasteiger partial charge in [-0.15, -0.1) is 0 Å². The Kier molecular flexibility index (Phi) is 8.13. The summed E-state index contributed by atoms with van der Waals surface area (Å²) in [6, 6.07) is 15.0. The highest BCUT2D eigenvalue weighted by Crippen LogP contribution is 2.39. The molecule has 3 aromatic carbocycles. The Morgan fingerprint density at radius 2 is 1.59 bits per heavy atom. The number of sulfonamides is 1. The van der Waals surface area contributed by atoms with Crippen molar-refractivity contribution in [2.45, 2.75) is 30.2 Å². The number of fused-ring (bicyclic) bond motifs is 1. The summed E-state index contributed by atoms with van der Waals surface area (Å²) in [5, 5.41) is 11.0. The number of non-ortho nitro benzene ring substituents is 1. The molecule has 1 fully saturated rings. The van der Waals surface area contributed by atoms with Crippen LogP contribution in [0.15, 0.2) is 65.6 Å². The molecule has 0 aromatic heterocycles. The fourth-order valence-corrected chi connectivity index (χ4v) is 6.82. The lowest BCUT2D eigenvalue weighted by atomic mass is 9.91. The van der Waals surface area contributed by atoms with E-state index in [9.17, 15) is 23.3 Å². The van der Waals surface area contributed by atoms with Crippen molar-refractivity contribution < 1.29 is 32.3 Å². The fraction of sp³-hybridized carbons (Fsp3) is 0.345. The first-order chi connectivity index (χ1) is 19.7. The molecule has 1 atom stereocenters. The number of methoxy groups -OCH3 is 2. The Balaban J connectivity index is 1.44. The molecule has 0 bridgehead atoms. The van der Waals surface area contributed by atoms with Gasteiger partial charge in [-0.3, -0.25) is 14.9 Å². The molecule has 0 radical (unpaired) electrons. The number of ether oxygens (including phenoxy) is 3. The first-order valence-corrected chi connectivity index (χ1v) is 14.7. The minimum Gasteiger partial charge on any atom is -0.493 e. The quantitative estimate of drug-likeness (QED) is 0.272. The van der Waals surface area contributed by atoms with Gasteiger partial charge in [-0.25, -0.2) is 8.42 Å². The van der Waals surface area contributed by atoms with Gasteiger partial charge in [-0.05, 0) is 78.9 Å². The smallest absolute Gasteiger partial charge is 0.269 e. The number of nitrogens with zero attached hydrogens (tertiary/aromatic N) is 3. The maximum atomic E-state index is 13.8. The van der Waals surface area contributed by atoms with Crippen molar-refractivity contribution in [3.63, 3.8) is 0 Å². The maximum Gasteiger partial charge on any atom is 0.269 e. The van der Waals surface area contributed by atoms with E-state index in [4.69, 9.17) is 14.2 Å². The van der Waals surface area contributed by atoms with Crippen LogP contribution in [0.1, 0.15) is 40.4 Å². The third kappa shape index (κ3) is 5.70. The molecule has 41 heavy (non-hydrogen) atoms. The largest absolute Gasteiger partial charge is 0.493 e. The summed E-state index contributed by atoms with van der Waals surface area (Å²) in [4.78, 5) is 26.2. The van der Waals surface area contributed by atoms with E-state index in [1.165, 1.54) is 47.8 Å². The lowest BCUT2D eigenvalue weighted by Gasteiger charge is -2.37. The lowest BCUT2D eigenvalue weighted by molar-refractivity contribution is -0.384. The molecule has 0 spiro atoms. The van der Waals surface area contributed by atoms with Crippen LogP contribution in [0.2, 0.25) is 0 Å². The molecule has 1 amide bonds. The molecule has 0 aliphatic carbocycles. The van der Waals surface area contributed by atoms with Crippen molar-refractivity contribution >= 4 is 21.6 Å². The van der Waals surface area contributed by atoms with Crippen LogP contribution < -0.4 is 14.2 Å². The molecular weight excluding hydrogens is 550 g/mol. The van der Waals surface area contributed by atoms with Crippen molar-refractivity contribution in [1.82, 2.24) is 9.21 Å². The first kappa shape index (κ1) is 28.4. The number of hydrogen-bond acceptors (Lipinski definition) is 8. The van der Waals surface area contributed by atoms with E-state index in [-0.39, 0.29) is 23.1 Å². The zero-order valence-corrected chi connectivity index (χ0v) is 23.6. The second kappa shape index (κ2) is 11.8. The number of amides is 1. The van der Waals surface area contributed by atoms with Crippen molar-refractivity contribution in [3.8, 4) is 17.2 Å². The van der Waals surface area contributed by atoms with Crippen molar-refractivity contribution in [2.24, 2.45) is 0 Å². The van der Waals surface area contributed by atoms with Crippen LogP contribution in [-0.4, -0.2) is 68.9 Å². The minimum atomic E-state index is -3.60. The molecule has 3 aromatic rings. The minimum absolute atomic E-state index is 0.0517.